The molecular formula is C27H29N3O4. The summed E-state index contributed by atoms with van der Waals surface area (Å²) in [6, 6.07) is 15.3. The maximum atomic E-state index is 13.8. The molecule has 1 atom stereocenters. The van der Waals surface area contributed by atoms with E-state index in [1.165, 1.54) is 0 Å². The number of hydrogen-bond donors (Lipinski definition) is 2. The number of allylic oxidation sites excluding steroid dienone is 1. The van der Waals surface area contributed by atoms with Crippen molar-refractivity contribution in [3.63, 3.8) is 0 Å². The fraction of sp³-hybridized carbons (Fsp3) is 0.333. The summed E-state index contributed by atoms with van der Waals surface area (Å²) in [5.74, 6) is 0.262. The fourth-order valence-corrected chi connectivity index (χ4v) is 5.57. The number of fused-ring (bicyclic) bond motifs is 3. The van der Waals surface area contributed by atoms with E-state index in [9.17, 15) is 9.59 Å². The van der Waals surface area contributed by atoms with E-state index in [4.69, 9.17) is 15.2 Å². The van der Waals surface area contributed by atoms with Crippen LogP contribution in [0.4, 0.5) is 5.69 Å². The molecule has 176 valence electrons. The van der Waals surface area contributed by atoms with Crippen molar-refractivity contribution >= 4 is 17.6 Å². The first-order chi connectivity index (χ1) is 16.5. The van der Waals surface area contributed by atoms with E-state index in [0.717, 1.165) is 47.4 Å². The van der Waals surface area contributed by atoms with Crippen LogP contribution in [-0.2, 0) is 26.3 Å². The minimum absolute atomic E-state index is 0.194. The number of esters is 1. The van der Waals surface area contributed by atoms with Gasteiger partial charge in [0.15, 0.2) is 0 Å². The Morgan fingerprint density at radius 2 is 1.85 bits per heavy atom. The van der Waals surface area contributed by atoms with E-state index < -0.39 is 11.4 Å². The Hall–Kier alpha value is -3.74. The molecule has 0 bridgehead atoms. The number of ether oxygens (including phenoxy) is 2. The summed E-state index contributed by atoms with van der Waals surface area (Å²) in [4.78, 5) is 29.3. The Morgan fingerprint density at radius 1 is 1.12 bits per heavy atom. The zero-order valence-electron chi connectivity index (χ0n) is 19.5. The normalized spacial score (nSPS) is 21.4. The van der Waals surface area contributed by atoms with E-state index in [2.05, 4.69) is 5.32 Å². The molecule has 1 aliphatic carbocycles. The van der Waals surface area contributed by atoms with Crippen molar-refractivity contribution < 1.29 is 19.1 Å². The Balaban J connectivity index is 1.72. The van der Waals surface area contributed by atoms with Crippen LogP contribution < -0.4 is 15.8 Å². The lowest BCUT2D eigenvalue weighted by molar-refractivity contribution is -0.140. The van der Waals surface area contributed by atoms with Crippen LogP contribution >= 0.6 is 0 Å². The van der Waals surface area contributed by atoms with Gasteiger partial charge < -0.3 is 25.4 Å². The van der Waals surface area contributed by atoms with Crippen molar-refractivity contribution in [1.82, 2.24) is 4.90 Å². The zero-order valence-corrected chi connectivity index (χ0v) is 19.5. The summed E-state index contributed by atoms with van der Waals surface area (Å²) in [5, 5.41) is 3.01. The molecule has 3 aliphatic rings. The van der Waals surface area contributed by atoms with E-state index in [0.29, 0.717) is 18.7 Å². The minimum Gasteiger partial charge on any atom is -0.497 e. The topological polar surface area (TPSA) is 93.9 Å². The molecule has 2 heterocycles. The second-order valence-corrected chi connectivity index (χ2v) is 8.80. The Kier molecular flexibility index (Phi) is 5.55. The molecule has 0 aromatic heterocycles. The lowest BCUT2D eigenvalue weighted by atomic mass is 9.64. The monoisotopic (exact) mass is 459 g/mol. The number of benzene rings is 2. The maximum Gasteiger partial charge on any atom is 0.339 e. The number of hydrogen-bond acceptors (Lipinski definition) is 6. The van der Waals surface area contributed by atoms with E-state index >= 15 is 0 Å². The smallest absolute Gasteiger partial charge is 0.339 e. The molecule has 0 fully saturated rings. The molecule has 7 heteroatoms. The van der Waals surface area contributed by atoms with Gasteiger partial charge >= 0.3 is 5.97 Å². The SMILES string of the molecule is CCOC(=O)C1=C(N)N(Cc2ccc(OC)cc2)C2=C(CCCC2)C12C(=O)Nc1ccccc12. The number of amides is 1. The molecule has 34 heavy (non-hydrogen) atoms. The molecule has 1 amide bonds. The van der Waals surface area contributed by atoms with E-state index in [1.807, 2.05) is 53.4 Å². The number of methoxy groups -OCH3 is 1. The number of nitrogens with one attached hydrogen (secondary N) is 1. The first-order valence-electron chi connectivity index (χ1n) is 11.7. The van der Waals surface area contributed by atoms with Gasteiger partial charge in [-0.05, 0) is 61.9 Å². The second kappa shape index (κ2) is 8.56. The average molecular weight is 460 g/mol. The zero-order chi connectivity index (χ0) is 23.9. The van der Waals surface area contributed by atoms with Crippen molar-refractivity contribution in [2.75, 3.05) is 19.0 Å². The van der Waals surface area contributed by atoms with Crippen LogP contribution in [0.3, 0.4) is 0 Å². The second-order valence-electron chi connectivity index (χ2n) is 8.80. The Labute approximate surface area is 199 Å². The summed E-state index contributed by atoms with van der Waals surface area (Å²) >= 11 is 0. The number of carbonyl (C=O) groups is 2. The molecule has 0 saturated carbocycles. The van der Waals surface area contributed by atoms with Crippen LogP contribution in [0.25, 0.3) is 0 Å². The fourth-order valence-electron chi connectivity index (χ4n) is 5.57. The predicted molar refractivity (Wildman–Crippen MR) is 129 cm³/mol. The van der Waals surface area contributed by atoms with Crippen molar-refractivity contribution in [2.45, 2.75) is 44.6 Å². The number of carbonyl (C=O) groups excluding carboxylic acids is 2. The summed E-state index contributed by atoms with van der Waals surface area (Å²) in [6.45, 7) is 2.43. The molecule has 0 saturated heterocycles. The molecule has 5 rings (SSSR count). The van der Waals surface area contributed by atoms with Gasteiger partial charge in [-0.1, -0.05) is 30.3 Å². The van der Waals surface area contributed by atoms with Gasteiger partial charge in [0.1, 0.15) is 22.6 Å². The van der Waals surface area contributed by atoms with Crippen molar-refractivity contribution in [3.8, 4) is 5.75 Å². The standard InChI is InChI=1S/C27H29N3O4/c1-3-34-25(31)23-24(28)30(16-17-12-14-18(33-2)15-13-17)22-11-7-5-9-20(22)27(23)19-8-4-6-10-21(19)29-26(27)32/h4,6,8,10,12-15H,3,5,7,9,11,16,28H2,1-2H3,(H,29,32). The first-order valence-corrected chi connectivity index (χ1v) is 11.7. The van der Waals surface area contributed by atoms with Gasteiger partial charge in [-0.2, -0.15) is 0 Å². The molecule has 1 spiro atoms. The summed E-state index contributed by atoms with van der Waals surface area (Å²) in [5.41, 5.74) is 10.2. The van der Waals surface area contributed by atoms with Gasteiger partial charge in [-0.25, -0.2) is 4.79 Å². The number of rotatable bonds is 5. The largest absolute Gasteiger partial charge is 0.497 e. The predicted octanol–water partition coefficient (Wildman–Crippen LogP) is 3.96. The third kappa shape index (κ3) is 3.18. The minimum atomic E-state index is -1.26. The number of anilines is 1. The van der Waals surface area contributed by atoms with E-state index in [-0.39, 0.29) is 23.9 Å². The molecule has 1 unspecified atom stereocenters. The Bertz CT molecular complexity index is 1210. The van der Waals surface area contributed by atoms with Gasteiger partial charge in [-0.3, -0.25) is 4.79 Å². The molecule has 7 nitrogen and oxygen atoms in total. The van der Waals surface area contributed by atoms with E-state index in [1.54, 1.807) is 14.0 Å². The molecule has 2 aliphatic heterocycles. The van der Waals surface area contributed by atoms with Gasteiger partial charge in [0.25, 0.3) is 0 Å². The molecule has 2 aromatic rings. The lowest BCUT2D eigenvalue weighted by Crippen LogP contribution is -2.50. The number of nitrogens with two attached hydrogens (primary N) is 1. The van der Waals surface area contributed by atoms with Gasteiger partial charge in [-0.15, -0.1) is 0 Å². The highest BCUT2D eigenvalue weighted by Gasteiger charge is 2.59. The molecular weight excluding hydrogens is 430 g/mol. The Morgan fingerprint density at radius 3 is 2.59 bits per heavy atom. The van der Waals surface area contributed by atoms with Gasteiger partial charge in [0.2, 0.25) is 5.91 Å². The van der Waals surface area contributed by atoms with Crippen molar-refractivity contribution in [1.29, 1.82) is 0 Å². The number of nitrogens with zero attached hydrogens (tertiary/aromatic N) is 1. The third-order valence-electron chi connectivity index (χ3n) is 7.04. The van der Waals surface area contributed by atoms with Crippen LogP contribution in [-0.4, -0.2) is 30.5 Å². The van der Waals surface area contributed by atoms with Crippen molar-refractivity contribution in [2.24, 2.45) is 5.73 Å². The van der Waals surface area contributed by atoms with Gasteiger partial charge in [0.05, 0.1) is 13.7 Å². The van der Waals surface area contributed by atoms with Crippen LogP contribution in [0.5, 0.6) is 5.75 Å². The van der Waals surface area contributed by atoms with Crippen LogP contribution in [0.2, 0.25) is 0 Å². The quantitative estimate of drug-likeness (QED) is 0.658. The number of para-hydroxylation sites is 1. The van der Waals surface area contributed by atoms with Crippen molar-refractivity contribution in [3.05, 3.63) is 82.3 Å². The lowest BCUT2D eigenvalue weighted by Gasteiger charge is -2.45. The molecule has 0 radical (unpaired) electrons. The van der Waals surface area contributed by atoms with Gasteiger partial charge in [0, 0.05) is 23.5 Å². The van der Waals surface area contributed by atoms with Crippen LogP contribution in [0.15, 0.2) is 71.2 Å². The average Bonchev–Trinajstić information content (AvgIpc) is 3.14. The highest BCUT2D eigenvalue weighted by Crippen LogP contribution is 2.55. The molecule has 3 N–H and O–H groups in total. The summed E-state index contributed by atoms with van der Waals surface area (Å²) in [6.07, 6.45) is 3.45. The maximum absolute atomic E-state index is 13.8. The van der Waals surface area contributed by atoms with Crippen LogP contribution in [0.1, 0.15) is 43.7 Å². The van der Waals surface area contributed by atoms with Crippen LogP contribution in [0, 0.1) is 0 Å². The molecule has 2 aromatic carbocycles. The summed E-state index contributed by atoms with van der Waals surface area (Å²) < 4.78 is 10.8. The summed E-state index contributed by atoms with van der Waals surface area (Å²) in [7, 11) is 1.63. The highest BCUT2D eigenvalue weighted by molar-refractivity contribution is 6.17. The highest BCUT2D eigenvalue weighted by atomic mass is 16.5. The third-order valence-corrected chi connectivity index (χ3v) is 7.04. The first kappa shape index (κ1) is 22.1.